The summed E-state index contributed by atoms with van der Waals surface area (Å²) in [4.78, 5) is 16.2. The van der Waals surface area contributed by atoms with Gasteiger partial charge in [0.1, 0.15) is 23.0 Å². The van der Waals surface area contributed by atoms with Crippen molar-refractivity contribution in [1.82, 2.24) is 20.2 Å². The summed E-state index contributed by atoms with van der Waals surface area (Å²) in [5, 5.41) is 11.1. The van der Waals surface area contributed by atoms with Gasteiger partial charge in [-0.05, 0) is 32.1 Å². The molecule has 0 N–H and O–H groups in total. The number of hydrogen-bond acceptors (Lipinski definition) is 8. The molecule has 2 aromatic rings. The summed E-state index contributed by atoms with van der Waals surface area (Å²) in [6.07, 6.45) is 8.17. The van der Waals surface area contributed by atoms with Crippen LogP contribution in [-0.2, 0) is 0 Å². The van der Waals surface area contributed by atoms with Crippen molar-refractivity contribution in [2.24, 2.45) is 0 Å². The van der Waals surface area contributed by atoms with Crippen molar-refractivity contribution < 1.29 is 0 Å². The van der Waals surface area contributed by atoms with Gasteiger partial charge in [0.25, 0.3) is 0 Å². The van der Waals surface area contributed by atoms with Crippen molar-refractivity contribution in [3.05, 3.63) is 17.4 Å². The fourth-order valence-electron chi connectivity index (χ4n) is 3.78. The maximum Gasteiger partial charge on any atom is 0.208 e. The lowest BCUT2D eigenvalue weighted by atomic mass is 10.1. The summed E-state index contributed by atoms with van der Waals surface area (Å²) in [6, 6.07) is 2.16. The van der Waals surface area contributed by atoms with E-state index in [1.807, 2.05) is 0 Å². The van der Waals surface area contributed by atoms with Crippen molar-refractivity contribution in [3.63, 3.8) is 0 Å². The second-order valence-corrected chi connectivity index (χ2v) is 8.44. The van der Waals surface area contributed by atoms with Crippen LogP contribution in [0.25, 0.3) is 0 Å². The third-order valence-electron chi connectivity index (χ3n) is 5.55. The van der Waals surface area contributed by atoms with Crippen LogP contribution >= 0.6 is 11.3 Å². The van der Waals surface area contributed by atoms with E-state index >= 15 is 0 Å². The molecule has 0 unspecified atom stereocenters. The van der Waals surface area contributed by atoms with Crippen LogP contribution in [-0.4, -0.2) is 59.4 Å². The number of rotatable bonds is 4. The zero-order valence-electron chi connectivity index (χ0n) is 15.0. The Bertz CT molecular complexity index is 746. The zero-order valence-corrected chi connectivity index (χ0v) is 15.9. The first-order chi connectivity index (χ1) is 12.9. The molecule has 2 aliphatic heterocycles. The second kappa shape index (κ2) is 6.98. The van der Waals surface area contributed by atoms with E-state index in [2.05, 4.69) is 40.9 Å². The molecule has 2 aromatic heterocycles. The molecule has 26 heavy (non-hydrogen) atoms. The monoisotopic (exact) mass is 371 g/mol. The summed E-state index contributed by atoms with van der Waals surface area (Å²) in [5.41, 5.74) is 0. The SMILES string of the molecule is c1nc(N2CCCCC2)cc(N2CCN(c3nnc(C4CC4)s3)CC2)n1. The van der Waals surface area contributed by atoms with Crippen LogP contribution in [0.4, 0.5) is 16.8 Å². The molecule has 3 fully saturated rings. The average Bonchev–Trinajstić information content (AvgIpc) is 3.46. The van der Waals surface area contributed by atoms with Crippen molar-refractivity contribution in [1.29, 1.82) is 0 Å². The summed E-state index contributed by atoms with van der Waals surface area (Å²) < 4.78 is 0. The van der Waals surface area contributed by atoms with E-state index < -0.39 is 0 Å². The minimum absolute atomic E-state index is 0.691. The number of nitrogens with zero attached hydrogens (tertiary/aromatic N) is 7. The molecule has 5 rings (SSSR count). The zero-order chi connectivity index (χ0) is 17.3. The molecule has 7 nitrogen and oxygen atoms in total. The first-order valence-electron chi connectivity index (χ1n) is 9.77. The maximum absolute atomic E-state index is 4.54. The van der Waals surface area contributed by atoms with Gasteiger partial charge in [-0.3, -0.25) is 0 Å². The molecular weight excluding hydrogens is 346 g/mol. The highest BCUT2D eigenvalue weighted by Crippen LogP contribution is 2.42. The van der Waals surface area contributed by atoms with Crippen LogP contribution in [0.1, 0.15) is 43.0 Å². The van der Waals surface area contributed by atoms with Crippen LogP contribution in [0.15, 0.2) is 12.4 Å². The predicted octanol–water partition coefficient (Wildman–Crippen LogP) is 2.52. The minimum Gasteiger partial charge on any atom is -0.356 e. The van der Waals surface area contributed by atoms with Gasteiger partial charge < -0.3 is 14.7 Å². The van der Waals surface area contributed by atoms with Gasteiger partial charge >= 0.3 is 0 Å². The van der Waals surface area contributed by atoms with Crippen LogP contribution in [0, 0.1) is 0 Å². The smallest absolute Gasteiger partial charge is 0.208 e. The van der Waals surface area contributed by atoms with E-state index in [1.54, 1.807) is 17.7 Å². The van der Waals surface area contributed by atoms with Crippen LogP contribution in [0.2, 0.25) is 0 Å². The number of aromatic nitrogens is 4. The molecule has 0 aromatic carbocycles. The Morgan fingerprint density at radius 2 is 1.42 bits per heavy atom. The minimum atomic E-state index is 0.691. The van der Waals surface area contributed by atoms with E-state index in [0.29, 0.717) is 5.92 Å². The number of hydrogen-bond donors (Lipinski definition) is 0. The Morgan fingerprint density at radius 1 is 0.769 bits per heavy atom. The largest absolute Gasteiger partial charge is 0.356 e. The highest BCUT2D eigenvalue weighted by Gasteiger charge is 2.29. The van der Waals surface area contributed by atoms with Gasteiger partial charge in [-0.1, -0.05) is 11.3 Å². The van der Waals surface area contributed by atoms with Crippen molar-refractivity contribution >= 4 is 28.1 Å². The number of piperazine rings is 1. The van der Waals surface area contributed by atoms with Gasteiger partial charge in [0, 0.05) is 51.3 Å². The van der Waals surface area contributed by atoms with Crippen LogP contribution in [0.3, 0.4) is 0 Å². The molecule has 3 aliphatic rings. The van der Waals surface area contributed by atoms with E-state index in [1.165, 1.54) is 37.1 Å². The lowest BCUT2D eigenvalue weighted by molar-refractivity contribution is 0.572. The predicted molar refractivity (Wildman–Crippen MR) is 104 cm³/mol. The highest BCUT2D eigenvalue weighted by molar-refractivity contribution is 7.15. The first-order valence-corrected chi connectivity index (χ1v) is 10.6. The lowest BCUT2D eigenvalue weighted by Crippen LogP contribution is -2.47. The number of piperidine rings is 1. The molecule has 0 bridgehead atoms. The normalized spacial score (nSPS) is 21.3. The van der Waals surface area contributed by atoms with E-state index in [4.69, 9.17) is 0 Å². The molecule has 1 saturated carbocycles. The molecule has 0 radical (unpaired) electrons. The topological polar surface area (TPSA) is 61.3 Å². The van der Waals surface area contributed by atoms with E-state index in [0.717, 1.165) is 56.0 Å². The summed E-state index contributed by atoms with van der Waals surface area (Å²) in [5.74, 6) is 2.82. The molecule has 0 amide bonds. The molecular formula is C18H25N7S. The number of anilines is 3. The Labute approximate surface area is 158 Å². The fourth-order valence-corrected chi connectivity index (χ4v) is 4.85. The standard InChI is InChI=1S/C18H25N7S/c1-2-6-23(7-3-1)15-12-16(20-13-19-15)24-8-10-25(11-9-24)18-22-21-17(26-18)14-4-5-14/h12-14H,1-11H2. The Morgan fingerprint density at radius 3 is 2.12 bits per heavy atom. The van der Waals surface area contributed by atoms with Crippen molar-refractivity contribution in [2.45, 2.75) is 38.0 Å². The molecule has 0 atom stereocenters. The lowest BCUT2D eigenvalue weighted by Gasteiger charge is -2.35. The average molecular weight is 372 g/mol. The second-order valence-electron chi connectivity index (χ2n) is 7.45. The van der Waals surface area contributed by atoms with Crippen LogP contribution in [0.5, 0.6) is 0 Å². The molecule has 1 aliphatic carbocycles. The summed E-state index contributed by atoms with van der Waals surface area (Å²) in [7, 11) is 0. The third kappa shape index (κ3) is 3.34. The maximum atomic E-state index is 4.54. The van der Waals surface area contributed by atoms with E-state index in [9.17, 15) is 0 Å². The Kier molecular flexibility index (Phi) is 4.36. The van der Waals surface area contributed by atoms with Gasteiger partial charge in [-0.25, -0.2) is 9.97 Å². The van der Waals surface area contributed by atoms with Crippen molar-refractivity contribution in [3.8, 4) is 0 Å². The highest BCUT2D eigenvalue weighted by atomic mass is 32.1. The summed E-state index contributed by atoms with van der Waals surface area (Å²) in [6.45, 7) is 6.11. The van der Waals surface area contributed by atoms with Gasteiger partial charge in [0.15, 0.2) is 0 Å². The molecule has 2 saturated heterocycles. The molecule has 8 heteroatoms. The Balaban J connectivity index is 1.23. The van der Waals surface area contributed by atoms with Gasteiger partial charge in [0.2, 0.25) is 5.13 Å². The first kappa shape index (κ1) is 16.2. The quantitative estimate of drug-likeness (QED) is 0.818. The van der Waals surface area contributed by atoms with Crippen molar-refractivity contribution in [2.75, 3.05) is 54.0 Å². The Hall–Kier alpha value is -1.96. The third-order valence-corrected chi connectivity index (χ3v) is 6.70. The van der Waals surface area contributed by atoms with Gasteiger partial charge in [0.05, 0.1) is 0 Å². The summed E-state index contributed by atoms with van der Waals surface area (Å²) >= 11 is 1.78. The molecule has 0 spiro atoms. The molecule has 4 heterocycles. The van der Waals surface area contributed by atoms with Gasteiger partial charge in [-0.2, -0.15) is 0 Å². The van der Waals surface area contributed by atoms with Gasteiger partial charge in [-0.15, -0.1) is 10.2 Å². The van der Waals surface area contributed by atoms with Crippen LogP contribution < -0.4 is 14.7 Å². The molecule has 138 valence electrons. The van der Waals surface area contributed by atoms with E-state index in [-0.39, 0.29) is 0 Å². The fraction of sp³-hybridized carbons (Fsp3) is 0.667.